The molecule has 0 saturated carbocycles. The van der Waals surface area contributed by atoms with Gasteiger partial charge in [0.05, 0.1) is 44.4 Å². The van der Waals surface area contributed by atoms with E-state index in [9.17, 15) is 4.79 Å². The summed E-state index contributed by atoms with van der Waals surface area (Å²) in [5.41, 5.74) is 2.30. The lowest BCUT2D eigenvalue weighted by Crippen LogP contribution is -2.48. The fraction of sp³-hybridized carbons (Fsp3) is 0.240. The SMILES string of the molecule is C/C=C(\C(C)=N)c1cc2c(cn1)CN(c1c(F)c(OC)cc(OC)c1F)C(=O)N2Cc1cccnn1. The third-order valence-corrected chi connectivity index (χ3v) is 5.78. The van der Waals surface area contributed by atoms with E-state index in [0.29, 0.717) is 33.9 Å². The number of fused-ring (bicyclic) bond motifs is 1. The van der Waals surface area contributed by atoms with Crippen molar-refractivity contribution in [2.45, 2.75) is 26.9 Å². The van der Waals surface area contributed by atoms with Crippen molar-refractivity contribution >= 4 is 28.7 Å². The molecular weight excluding hydrogens is 470 g/mol. The first-order valence-corrected chi connectivity index (χ1v) is 11.0. The van der Waals surface area contributed by atoms with Crippen LogP contribution >= 0.6 is 0 Å². The number of urea groups is 1. The highest BCUT2D eigenvalue weighted by atomic mass is 19.1. The van der Waals surface area contributed by atoms with E-state index in [0.717, 1.165) is 11.0 Å². The van der Waals surface area contributed by atoms with Gasteiger partial charge in [-0.05, 0) is 32.0 Å². The molecule has 3 heterocycles. The summed E-state index contributed by atoms with van der Waals surface area (Å²) < 4.78 is 40.8. The summed E-state index contributed by atoms with van der Waals surface area (Å²) in [6, 6.07) is 5.45. The summed E-state index contributed by atoms with van der Waals surface area (Å²) >= 11 is 0. The van der Waals surface area contributed by atoms with Gasteiger partial charge in [-0.15, -0.1) is 0 Å². The molecule has 0 saturated heterocycles. The zero-order valence-corrected chi connectivity index (χ0v) is 20.2. The Bertz CT molecular complexity index is 1340. The largest absolute Gasteiger partial charge is 0.493 e. The van der Waals surface area contributed by atoms with Gasteiger partial charge in [-0.1, -0.05) is 6.08 Å². The second-order valence-corrected chi connectivity index (χ2v) is 7.95. The maximum absolute atomic E-state index is 15.3. The molecule has 0 bridgehead atoms. The van der Waals surface area contributed by atoms with Crippen LogP contribution in [0, 0.1) is 17.0 Å². The highest BCUT2D eigenvalue weighted by Gasteiger charge is 2.37. The maximum atomic E-state index is 15.3. The monoisotopic (exact) mass is 494 g/mol. The van der Waals surface area contributed by atoms with Gasteiger partial charge in [0.1, 0.15) is 5.69 Å². The summed E-state index contributed by atoms with van der Waals surface area (Å²) in [5.74, 6) is -2.61. The van der Waals surface area contributed by atoms with Gasteiger partial charge in [-0.3, -0.25) is 14.8 Å². The van der Waals surface area contributed by atoms with Crippen LogP contribution in [0.15, 0.2) is 42.7 Å². The van der Waals surface area contributed by atoms with Gasteiger partial charge in [-0.25, -0.2) is 13.6 Å². The van der Waals surface area contributed by atoms with Gasteiger partial charge in [0.25, 0.3) is 0 Å². The number of aromatic nitrogens is 3. The number of nitrogens with one attached hydrogen (secondary N) is 1. The number of anilines is 2. The number of nitrogens with zero attached hydrogens (tertiary/aromatic N) is 5. The average molecular weight is 495 g/mol. The summed E-state index contributed by atoms with van der Waals surface area (Å²) in [7, 11) is 2.48. The number of benzene rings is 1. The molecule has 1 aliphatic rings. The third-order valence-electron chi connectivity index (χ3n) is 5.78. The number of methoxy groups -OCH3 is 2. The summed E-state index contributed by atoms with van der Waals surface area (Å²) in [4.78, 5) is 20.6. The molecule has 1 N–H and O–H groups in total. The van der Waals surface area contributed by atoms with Gasteiger partial charge in [-0.2, -0.15) is 10.2 Å². The molecule has 0 atom stereocenters. The molecule has 0 unspecified atom stereocenters. The van der Waals surface area contributed by atoms with E-state index in [2.05, 4.69) is 15.2 Å². The number of carbonyl (C=O) groups is 1. The van der Waals surface area contributed by atoms with Crippen molar-refractivity contribution in [2.24, 2.45) is 0 Å². The third kappa shape index (κ3) is 4.35. The highest BCUT2D eigenvalue weighted by molar-refractivity contribution is 6.20. The zero-order valence-electron chi connectivity index (χ0n) is 20.2. The molecule has 9 nitrogen and oxygen atoms in total. The van der Waals surface area contributed by atoms with Crippen LogP contribution in [0.5, 0.6) is 11.5 Å². The number of amides is 2. The Labute approximate surface area is 206 Å². The van der Waals surface area contributed by atoms with E-state index < -0.39 is 23.4 Å². The Morgan fingerprint density at radius 1 is 1.19 bits per heavy atom. The molecule has 36 heavy (non-hydrogen) atoms. The van der Waals surface area contributed by atoms with Crippen LogP contribution in [0.25, 0.3) is 5.57 Å². The summed E-state index contributed by atoms with van der Waals surface area (Å²) in [6.07, 6.45) is 4.80. The Morgan fingerprint density at radius 3 is 2.44 bits per heavy atom. The van der Waals surface area contributed by atoms with Crippen molar-refractivity contribution in [3.8, 4) is 11.5 Å². The number of carbonyl (C=O) groups excluding carboxylic acids is 1. The van der Waals surface area contributed by atoms with Crippen molar-refractivity contribution in [3.63, 3.8) is 0 Å². The van der Waals surface area contributed by atoms with Crippen molar-refractivity contribution in [1.29, 1.82) is 5.41 Å². The molecule has 4 rings (SSSR count). The summed E-state index contributed by atoms with van der Waals surface area (Å²) in [6.45, 7) is 3.26. The van der Waals surface area contributed by atoms with Crippen LogP contribution in [0.4, 0.5) is 25.0 Å². The first kappa shape index (κ1) is 24.7. The minimum atomic E-state index is -1.03. The molecule has 1 aliphatic heterocycles. The van der Waals surface area contributed by atoms with Gasteiger partial charge in [0.2, 0.25) is 0 Å². The number of hydrogen-bond donors (Lipinski definition) is 1. The lowest BCUT2D eigenvalue weighted by Gasteiger charge is -2.37. The molecule has 186 valence electrons. The normalized spacial score (nSPS) is 13.5. The smallest absolute Gasteiger partial charge is 0.329 e. The second kappa shape index (κ2) is 10.1. The van der Waals surface area contributed by atoms with Crippen molar-refractivity contribution in [2.75, 3.05) is 24.0 Å². The van der Waals surface area contributed by atoms with E-state index in [1.807, 2.05) is 0 Å². The van der Waals surface area contributed by atoms with Crippen LogP contribution in [-0.4, -0.2) is 41.1 Å². The minimum Gasteiger partial charge on any atom is -0.493 e. The van der Waals surface area contributed by atoms with E-state index in [4.69, 9.17) is 14.9 Å². The fourth-order valence-corrected chi connectivity index (χ4v) is 4.05. The molecule has 3 aromatic rings. The maximum Gasteiger partial charge on any atom is 0.329 e. The molecule has 0 aliphatic carbocycles. The number of halogens is 2. The molecule has 2 aromatic heterocycles. The Balaban J connectivity index is 1.89. The Hall–Kier alpha value is -4.41. The highest BCUT2D eigenvalue weighted by Crippen LogP contribution is 2.41. The lowest BCUT2D eigenvalue weighted by molar-refractivity contribution is 0.249. The Kier molecular flexibility index (Phi) is 6.91. The first-order chi connectivity index (χ1) is 17.3. The van der Waals surface area contributed by atoms with Crippen molar-refractivity contribution in [1.82, 2.24) is 15.2 Å². The van der Waals surface area contributed by atoms with E-state index in [-0.39, 0.29) is 24.6 Å². The van der Waals surface area contributed by atoms with Gasteiger partial charge in [0.15, 0.2) is 23.1 Å². The fourth-order valence-electron chi connectivity index (χ4n) is 4.05. The molecule has 11 heteroatoms. The van der Waals surface area contributed by atoms with Crippen molar-refractivity contribution in [3.05, 3.63) is 71.3 Å². The van der Waals surface area contributed by atoms with Crippen LogP contribution in [0.1, 0.15) is 30.8 Å². The average Bonchev–Trinajstić information content (AvgIpc) is 2.87. The lowest BCUT2D eigenvalue weighted by atomic mass is 10.0. The standard InChI is InChI=1S/C25H24F2N6O3/c1-5-17(14(2)28)18-9-19-15(11-29-18)12-33(25(34)32(19)13-16-7-6-8-30-31-16)24-22(26)20(35-3)10-21(36-4)23(24)27/h5-11,28H,12-13H2,1-4H3/b17-5+,28-14?. The number of hydrogen-bond acceptors (Lipinski definition) is 7. The van der Waals surface area contributed by atoms with Gasteiger partial charge >= 0.3 is 6.03 Å². The predicted molar refractivity (Wildman–Crippen MR) is 131 cm³/mol. The number of pyridine rings is 1. The van der Waals surface area contributed by atoms with E-state index in [1.165, 1.54) is 31.5 Å². The van der Waals surface area contributed by atoms with Crippen LogP contribution in [-0.2, 0) is 13.1 Å². The second-order valence-electron chi connectivity index (χ2n) is 7.95. The molecule has 1 aromatic carbocycles. The summed E-state index contributed by atoms with van der Waals surface area (Å²) in [5, 5.41) is 16.0. The number of rotatable bonds is 7. The van der Waals surface area contributed by atoms with Crippen LogP contribution in [0.2, 0.25) is 0 Å². The molecule has 0 radical (unpaired) electrons. The Morgan fingerprint density at radius 2 is 1.89 bits per heavy atom. The van der Waals surface area contributed by atoms with Gasteiger partial charge in [0, 0.05) is 35.3 Å². The molecule has 0 spiro atoms. The quantitative estimate of drug-likeness (QED) is 0.475. The number of allylic oxidation sites excluding steroid dienone is 2. The van der Waals surface area contributed by atoms with Crippen molar-refractivity contribution < 1.29 is 23.0 Å². The van der Waals surface area contributed by atoms with E-state index >= 15 is 8.78 Å². The molecule has 2 amide bonds. The zero-order chi connectivity index (χ0) is 26.0. The predicted octanol–water partition coefficient (Wildman–Crippen LogP) is 4.76. The molecule has 0 fully saturated rings. The first-order valence-electron chi connectivity index (χ1n) is 11.0. The van der Waals surface area contributed by atoms with Crippen LogP contribution in [0.3, 0.4) is 0 Å². The van der Waals surface area contributed by atoms with E-state index in [1.54, 1.807) is 38.1 Å². The molecular formula is C25H24F2N6O3. The topological polar surface area (TPSA) is 105 Å². The number of ether oxygens (including phenoxy) is 2. The van der Waals surface area contributed by atoms with Crippen LogP contribution < -0.4 is 19.3 Å². The van der Waals surface area contributed by atoms with Gasteiger partial charge < -0.3 is 14.9 Å². The minimum absolute atomic E-state index is 0.0152.